The van der Waals surface area contributed by atoms with Gasteiger partial charge in [-0.25, -0.2) is 9.36 Å². The Bertz CT molecular complexity index is 541. The average molecular weight is 208 g/mol. The Kier molecular flexibility index (Phi) is 2.09. The van der Waals surface area contributed by atoms with Crippen LogP contribution in [0.25, 0.3) is 10.2 Å². The summed E-state index contributed by atoms with van der Waals surface area (Å²) in [6, 6.07) is 7.37. The molecule has 1 aromatic heterocycles. The topological polar surface area (TPSA) is 55.1 Å². The zero-order valence-electron chi connectivity index (χ0n) is 7.48. The highest BCUT2D eigenvalue weighted by Crippen LogP contribution is 2.16. The molecule has 5 heteroatoms. The van der Waals surface area contributed by atoms with Crippen LogP contribution in [0.15, 0.2) is 24.3 Å². The molecule has 0 bridgehead atoms. The number of hydrogen-bond donors (Lipinski definition) is 1. The van der Waals surface area contributed by atoms with Crippen molar-refractivity contribution in [2.75, 3.05) is 7.11 Å². The van der Waals surface area contributed by atoms with E-state index in [1.807, 2.05) is 18.2 Å². The van der Waals surface area contributed by atoms with Gasteiger partial charge in [0.25, 0.3) is 0 Å². The van der Waals surface area contributed by atoms with Crippen LogP contribution in [0, 0.1) is 5.41 Å². The summed E-state index contributed by atoms with van der Waals surface area (Å²) in [7, 11) is 1.31. The molecule has 2 aromatic rings. The van der Waals surface area contributed by atoms with E-state index in [0.717, 1.165) is 4.70 Å². The quantitative estimate of drug-likeness (QED) is 0.717. The van der Waals surface area contributed by atoms with Gasteiger partial charge in [0, 0.05) is 0 Å². The molecule has 72 valence electrons. The maximum Gasteiger partial charge on any atom is 0.420 e. The third-order valence-electron chi connectivity index (χ3n) is 1.87. The summed E-state index contributed by atoms with van der Waals surface area (Å²) in [6.45, 7) is 0. The highest BCUT2D eigenvalue weighted by Gasteiger charge is 2.11. The molecular formula is C9H8N2O2S. The van der Waals surface area contributed by atoms with Crippen LogP contribution in [0.2, 0.25) is 0 Å². The van der Waals surface area contributed by atoms with Crippen molar-refractivity contribution in [2.24, 2.45) is 0 Å². The van der Waals surface area contributed by atoms with Crippen LogP contribution in [-0.2, 0) is 4.74 Å². The van der Waals surface area contributed by atoms with Gasteiger partial charge in [-0.1, -0.05) is 23.5 Å². The lowest BCUT2D eigenvalue weighted by molar-refractivity contribution is 0.173. The van der Waals surface area contributed by atoms with Gasteiger partial charge < -0.3 is 4.74 Å². The monoisotopic (exact) mass is 208 g/mol. The Labute approximate surface area is 83.9 Å². The molecule has 0 saturated carbocycles. The Hall–Kier alpha value is -1.62. The molecule has 4 nitrogen and oxygen atoms in total. The van der Waals surface area contributed by atoms with Crippen molar-refractivity contribution >= 4 is 27.6 Å². The van der Waals surface area contributed by atoms with Crippen molar-refractivity contribution in [3.05, 3.63) is 29.1 Å². The fourth-order valence-electron chi connectivity index (χ4n) is 1.26. The SMILES string of the molecule is COC(=O)n1c(=N)sc2ccccc21. The van der Waals surface area contributed by atoms with Crippen molar-refractivity contribution in [1.29, 1.82) is 5.41 Å². The van der Waals surface area contributed by atoms with Gasteiger partial charge in [0.05, 0.1) is 17.3 Å². The Balaban J connectivity index is 2.81. The molecule has 0 fully saturated rings. The van der Waals surface area contributed by atoms with Crippen LogP contribution in [-0.4, -0.2) is 17.8 Å². The fourth-order valence-corrected chi connectivity index (χ4v) is 2.14. The Morgan fingerprint density at radius 1 is 1.50 bits per heavy atom. The lowest BCUT2D eigenvalue weighted by atomic mass is 10.3. The summed E-state index contributed by atoms with van der Waals surface area (Å²) in [4.78, 5) is 11.5. The minimum atomic E-state index is -0.521. The smallest absolute Gasteiger partial charge is 0.420 e. The van der Waals surface area contributed by atoms with Crippen LogP contribution >= 0.6 is 11.3 Å². The van der Waals surface area contributed by atoms with E-state index >= 15 is 0 Å². The molecule has 1 N–H and O–H groups in total. The zero-order valence-corrected chi connectivity index (χ0v) is 8.30. The van der Waals surface area contributed by atoms with E-state index in [4.69, 9.17) is 5.41 Å². The van der Waals surface area contributed by atoms with Gasteiger partial charge >= 0.3 is 6.09 Å². The predicted molar refractivity (Wildman–Crippen MR) is 53.5 cm³/mol. The zero-order chi connectivity index (χ0) is 10.1. The number of fused-ring (bicyclic) bond motifs is 1. The molecule has 1 heterocycles. The second-order valence-corrected chi connectivity index (χ2v) is 3.71. The van der Waals surface area contributed by atoms with E-state index in [-0.39, 0.29) is 4.80 Å². The normalized spacial score (nSPS) is 10.4. The third kappa shape index (κ3) is 1.22. The number of methoxy groups -OCH3 is 1. The molecule has 0 spiro atoms. The number of hydrogen-bond acceptors (Lipinski definition) is 4. The van der Waals surface area contributed by atoms with Crippen LogP contribution in [0.5, 0.6) is 0 Å². The van der Waals surface area contributed by atoms with E-state index in [9.17, 15) is 4.79 Å². The first-order valence-electron chi connectivity index (χ1n) is 3.97. The van der Waals surface area contributed by atoms with E-state index in [1.54, 1.807) is 6.07 Å². The van der Waals surface area contributed by atoms with Crippen LogP contribution < -0.4 is 4.80 Å². The largest absolute Gasteiger partial charge is 0.452 e. The first-order valence-corrected chi connectivity index (χ1v) is 4.79. The minimum Gasteiger partial charge on any atom is -0.452 e. The van der Waals surface area contributed by atoms with Gasteiger partial charge in [0.15, 0.2) is 4.80 Å². The first kappa shape index (κ1) is 8.96. The molecule has 14 heavy (non-hydrogen) atoms. The summed E-state index contributed by atoms with van der Waals surface area (Å²) < 4.78 is 6.75. The molecule has 2 rings (SSSR count). The number of aromatic nitrogens is 1. The number of nitrogens with one attached hydrogen (secondary N) is 1. The molecule has 0 saturated heterocycles. The predicted octanol–water partition coefficient (Wildman–Crippen LogP) is 1.80. The van der Waals surface area contributed by atoms with Crippen LogP contribution in [0.1, 0.15) is 0 Å². The summed E-state index contributed by atoms with van der Waals surface area (Å²) >= 11 is 1.25. The number of benzene rings is 1. The van der Waals surface area contributed by atoms with Crippen molar-refractivity contribution < 1.29 is 9.53 Å². The van der Waals surface area contributed by atoms with Crippen molar-refractivity contribution in [3.63, 3.8) is 0 Å². The molecule has 1 aromatic carbocycles. The van der Waals surface area contributed by atoms with E-state index in [1.165, 1.54) is 23.0 Å². The number of ether oxygens (including phenoxy) is 1. The fraction of sp³-hybridized carbons (Fsp3) is 0.111. The average Bonchev–Trinajstić information content (AvgIpc) is 2.53. The van der Waals surface area contributed by atoms with E-state index in [2.05, 4.69) is 4.74 Å². The summed E-state index contributed by atoms with van der Waals surface area (Å²) in [5.74, 6) is 0. The molecular weight excluding hydrogens is 200 g/mol. The van der Waals surface area contributed by atoms with Crippen molar-refractivity contribution in [1.82, 2.24) is 4.57 Å². The minimum absolute atomic E-state index is 0.179. The number of carbonyl (C=O) groups excluding carboxylic acids is 1. The molecule has 0 radical (unpaired) electrons. The number of thiazole rings is 1. The van der Waals surface area contributed by atoms with Gasteiger partial charge in [-0.3, -0.25) is 5.41 Å². The van der Waals surface area contributed by atoms with E-state index < -0.39 is 6.09 Å². The molecule has 0 aliphatic rings. The standard InChI is InChI=1S/C9H8N2O2S/c1-13-9(12)11-6-4-2-3-5-7(6)14-8(11)10/h2-5,10H,1H3. The van der Waals surface area contributed by atoms with Gasteiger partial charge in [-0.2, -0.15) is 0 Å². The molecule has 0 aliphatic heterocycles. The Morgan fingerprint density at radius 2 is 2.21 bits per heavy atom. The number of carbonyl (C=O) groups is 1. The van der Waals surface area contributed by atoms with Crippen molar-refractivity contribution in [2.45, 2.75) is 0 Å². The van der Waals surface area contributed by atoms with Gasteiger partial charge in [-0.05, 0) is 12.1 Å². The summed E-state index contributed by atoms with van der Waals surface area (Å²) in [6.07, 6.45) is -0.521. The summed E-state index contributed by atoms with van der Waals surface area (Å²) in [5.41, 5.74) is 0.717. The third-order valence-corrected chi connectivity index (χ3v) is 2.81. The lowest BCUT2D eigenvalue weighted by Crippen LogP contribution is -2.21. The Morgan fingerprint density at radius 3 is 2.93 bits per heavy atom. The maximum atomic E-state index is 11.3. The molecule has 0 aliphatic carbocycles. The van der Waals surface area contributed by atoms with Crippen LogP contribution in [0.3, 0.4) is 0 Å². The van der Waals surface area contributed by atoms with Gasteiger partial charge in [0.2, 0.25) is 0 Å². The number of nitrogens with zero attached hydrogens (tertiary/aromatic N) is 1. The molecule has 0 amide bonds. The lowest BCUT2D eigenvalue weighted by Gasteiger charge is -1.99. The molecule has 0 unspecified atom stereocenters. The number of para-hydroxylation sites is 1. The highest BCUT2D eigenvalue weighted by molar-refractivity contribution is 7.16. The van der Waals surface area contributed by atoms with E-state index in [0.29, 0.717) is 5.52 Å². The van der Waals surface area contributed by atoms with Crippen molar-refractivity contribution in [3.8, 4) is 0 Å². The van der Waals surface area contributed by atoms with Gasteiger partial charge in [-0.15, -0.1) is 0 Å². The maximum absolute atomic E-state index is 11.3. The summed E-state index contributed by atoms with van der Waals surface area (Å²) in [5, 5.41) is 7.61. The second-order valence-electron chi connectivity index (χ2n) is 2.68. The van der Waals surface area contributed by atoms with Gasteiger partial charge in [0.1, 0.15) is 0 Å². The number of rotatable bonds is 0. The highest BCUT2D eigenvalue weighted by atomic mass is 32.1. The first-order chi connectivity index (χ1) is 6.74. The van der Waals surface area contributed by atoms with Crippen LogP contribution in [0.4, 0.5) is 4.79 Å². The molecule has 0 atom stereocenters. The second kappa shape index (κ2) is 3.26.